The van der Waals surface area contributed by atoms with Crippen LogP contribution in [0.25, 0.3) is 0 Å². The third-order valence-corrected chi connectivity index (χ3v) is 17.6. The van der Waals surface area contributed by atoms with Crippen LogP contribution < -0.4 is 64.6 Å². The molecule has 33 heteroatoms. The van der Waals surface area contributed by atoms with E-state index >= 15 is 0 Å². The zero-order valence-corrected chi connectivity index (χ0v) is 59.6. The van der Waals surface area contributed by atoms with Gasteiger partial charge in [-0.25, -0.2) is 0 Å². The maximum absolute atomic E-state index is 14.8. The number of hydrogen-bond acceptors (Lipinski definition) is 19. The van der Waals surface area contributed by atoms with Gasteiger partial charge in [0.1, 0.15) is 66.5 Å². The number of aliphatic hydroxyl groups excluding tert-OH is 5. The second-order valence-corrected chi connectivity index (χ2v) is 27.6. The van der Waals surface area contributed by atoms with Crippen LogP contribution in [0.3, 0.4) is 0 Å². The summed E-state index contributed by atoms with van der Waals surface area (Å²) in [7, 11) is 1.11. The average Bonchev–Trinajstić information content (AvgIpc) is 1.70. The fourth-order valence-corrected chi connectivity index (χ4v) is 11.4. The highest BCUT2D eigenvalue weighted by Gasteiger charge is 2.46. The van der Waals surface area contributed by atoms with Crippen LogP contribution in [-0.4, -0.2) is 235 Å². The second-order valence-electron chi connectivity index (χ2n) is 27.6. The minimum atomic E-state index is -2.56. The quantitative estimate of drug-likeness (QED) is 0.0461. The molecule has 0 bridgehead atoms. The molecule has 0 spiro atoms. The van der Waals surface area contributed by atoms with Crippen LogP contribution in [0.2, 0.25) is 0 Å². The number of aliphatic hydroxyl groups is 5. The van der Waals surface area contributed by atoms with Crippen molar-refractivity contribution in [2.75, 3.05) is 13.6 Å². The monoisotopic (exact) mass is 1390 g/mol. The second kappa shape index (κ2) is 41.1. The lowest BCUT2D eigenvalue weighted by atomic mass is 9.94. The molecule has 0 radical (unpaired) electrons. The number of rotatable bonds is 22. The van der Waals surface area contributed by atoms with Crippen molar-refractivity contribution in [3.63, 3.8) is 0 Å². The van der Waals surface area contributed by atoms with E-state index in [0.717, 1.165) is 43.0 Å². The van der Waals surface area contributed by atoms with E-state index in [-0.39, 0.29) is 44.6 Å². The normalized spacial score (nSPS) is 27.9. The van der Waals surface area contributed by atoms with E-state index in [1.54, 1.807) is 34.6 Å². The summed E-state index contributed by atoms with van der Waals surface area (Å²) < 4.78 is 0. The van der Waals surface area contributed by atoms with E-state index in [4.69, 9.17) is 11.5 Å². The predicted molar refractivity (Wildman–Crippen MR) is 357 cm³/mol. The van der Waals surface area contributed by atoms with Gasteiger partial charge in [0.25, 0.3) is 0 Å². The van der Waals surface area contributed by atoms with Gasteiger partial charge in [0.15, 0.2) is 6.10 Å². The molecule has 2 heterocycles. The number of unbranched alkanes of at least 4 members (excludes halogenated alkanes) is 4. The molecule has 2 aliphatic heterocycles. The van der Waals surface area contributed by atoms with E-state index < -0.39 is 229 Å². The minimum Gasteiger partial charge on any atom is -0.391 e. The number of primary amides is 2. The number of hydrogen-bond donors (Lipinski definition) is 17. The van der Waals surface area contributed by atoms with Crippen molar-refractivity contribution in [2.24, 2.45) is 41.1 Å². The highest BCUT2D eigenvalue weighted by atomic mass is 16.3. The maximum atomic E-state index is 14.8. The molecule has 0 saturated carbocycles. The first-order valence-corrected chi connectivity index (χ1v) is 34.2. The third kappa shape index (κ3) is 26.2. The van der Waals surface area contributed by atoms with Gasteiger partial charge >= 0.3 is 0 Å². The van der Waals surface area contributed by atoms with Crippen LogP contribution in [-0.2, 0) is 67.1 Å². The molecule has 18 unspecified atom stereocenters. The van der Waals surface area contributed by atoms with E-state index in [1.165, 1.54) is 48.5 Å². The highest BCUT2D eigenvalue weighted by molar-refractivity contribution is 6.01. The van der Waals surface area contributed by atoms with Gasteiger partial charge in [-0.2, -0.15) is 0 Å². The molecule has 0 aliphatic carbocycles. The number of nitrogens with two attached hydrogens (primary N) is 2. The van der Waals surface area contributed by atoms with Gasteiger partial charge in [0, 0.05) is 32.5 Å². The van der Waals surface area contributed by atoms with Crippen molar-refractivity contribution >= 4 is 82.7 Å². The Kier molecular flexibility index (Phi) is 36.2. The number of fused-ring (bicyclic) bond motifs is 1. The molecule has 2 rings (SSSR count). The van der Waals surface area contributed by atoms with Gasteiger partial charge in [-0.3, -0.25) is 67.1 Å². The molecule has 2 saturated heterocycles. The summed E-state index contributed by atoms with van der Waals surface area (Å²) in [6.07, 6.45) is -6.56. The van der Waals surface area contributed by atoms with Gasteiger partial charge in [-0.1, -0.05) is 115 Å². The summed E-state index contributed by atoms with van der Waals surface area (Å²) in [5, 5.41) is 81.1. The largest absolute Gasteiger partial charge is 0.391 e. The Bertz CT molecular complexity index is 2750. The summed E-state index contributed by atoms with van der Waals surface area (Å²) in [6, 6.07) is -20.0. The Hall–Kier alpha value is -7.62. The van der Waals surface area contributed by atoms with Gasteiger partial charge in [0.2, 0.25) is 82.7 Å². The van der Waals surface area contributed by atoms with Crippen molar-refractivity contribution in [2.45, 2.75) is 283 Å². The molecule has 0 aromatic rings. The third-order valence-electron chi connectivity index (χ3n) is 17.6. The first kappa shape index (κ1) is 86.5. The number of carbonyl (C=O) groups is 14. The lowest BCUT2D eigenvalue weighted by molar-refractivity contribution is -0.148. The molecule has 18 atom stereocenters. The van der Waals surface area contributed by atoms with Crippen molar-refractivity contribution in [3.05, 3.63) is 0 Å². The van der Waals surface area contributed by atoms with Crippen LogP contribution in [0.1, 0.15) is 180 Å². The molecule has 2 fully saturated rings. The van der Waals surface area contributed by atoms with Gasteiger partial charge in [-0.15, -0.1) is 0 Å². The van der Waals surface area contributed by atoms with Crippen molar-refractivity contribution in [1.29, 1.82) is 0 Å². The van der Waals surface area contributed by atoms with Crippen LogP contribution in [0.5, 0.6) is 0 Å². The predicted octanol–water partition coefficient (Wildman–Crippen LogP) is -3.91. The number of likely N-dealkylation sites (N-methyl/N-ethyl adjacent to an activating group) is 1. The minimum absolute atomic E-state index is 0.00655. The SMILES string of the molecule is CCCCCCCC1CC(=O)NC(C(C)C)C(=O)NC(C(O)C(C)C)C(=O)NC(C)C(=O)NC(C(O)C(C)C)C(=O)NC(CCC(N)=O)C(=O)N(C)C(C(C)CC)C(=O)NC(C(O)C(N)=O)C(=O)NC(C(C)O)C(=O)N2CCCC2C(=O)NC(CC(C)C)C(=O)NC(C(C)O)C(=O)N1. The summed E-state index contributed by atoms with van der Waals surface area (Å²) >= 11 is 0. The Morgan fingerprint density at radius 3 is 1.52 bits per heavy atom. The first-order valence-electron chi connectivity index (χ1n) is 34.2. The molecule has 33 nitrogen and oxygen atoms in total. The summed E-state index contributed by atoms with van der Waals surface area (Å²) in [4.78, 5) is 199. The fourth-order valence-electron chi connectivity index (χ4n) is 11.4. The Labute approximate surface area is 574 Å². The number of amides is 14. The zero-order valence-electron chi connectivity index (χ0n) is 59.6. The summed E-state index contributed by atoms with van der Waals surface area (Å²) in [6.45, 7) is 21.2. The Balaban J connectivity index is 2.98. The molecule has 558 valence electrons. The van der Waals surface area contributed by atoms with Gasteiger partial charge in [0.05, 0.1) is 24.4 Å². The average molecular weight is 1400 g/mol. The van der Waals surface area contributed by atoms with Crippen LogP contribution in [0, 0.1) is 29.6 Å². The number of nitrogens with zero attached hydrogens (tertiary/aromatic N) is 2. The van der Waals surface area contributed by atoms with E-state index in [2.05, 4.69) is 53.2 Å². The van der Waals surface area contributed by atoms with Crippen molar-refractivity contribution in [1.82, 2.24) is 63.0 Å². The lowest BCUT2D eigenvalue weighted by Gasteiger charge is -2.36. The van der Waals surface area contributed by atoms with Crippen molar-refractivity contribution < 1.29 is 92.7 Å². The van der Waals surface area contributed by atoms with Gasteiger partial charge < -0.3 is 100.0 Å². The molecular weight excluding hydrogens is 1280 g/mol. The summed E-state index contributed by atoms with van der Waals surface area (Å²) in [5.74, 6) is -18.6. The molecular formula is C65H114N14O19. The Morgan fingerprint density at radius 1 is 0.520 bits per heavy atom. The molecule has 2 aliphatic rings. The van der Waals surface area contributed by atoms with Crippen molar-refractivity contribution in [3.8, 4) is 0 Å². The van der Waals surface area contributed by atoms with Crippen LogP contribution >= 0.6 is 0 Å². The van der Waals surface area contributed by atoms with Gasteiger partial charge in [-0.05, 0) is 82.5 Å². The molecule has 0 aromatic heterocycles. The maximum Gasteiger partial charge on any atom is 0.248 e. The standard InChI is InChI=1S/C65H114N14O19/c1-16-18-19-20-21-23-38-29-43(83)72-44(31(5)6)58(91)76-47(51(84)32(7)8)60(93)68-35(12)55(88)75-48(52(85)33(9)10)61(94)70-39(25-26-42(66)82)64(97)78(15)50(34(11)17-2)63(96)77-49(53(86)54(67)87)62(95)74-46(37(14)81)65(98)79-27-22-24-41(79)57(90)71-40(28-30(3)4)56(89)73-45(36(13)80)59(92)69-38/h30-41,44-53,80-81,84-86H,16-29H2,1-15H3,(H2,66,82)(H2,67,87)(H,68,93)(H,69,92)(H,70,94)(H,71,90)(H,72,83)(H,73,89)(H,74,95)(H,75,88)(H,76,91)(H,77,96). The number of nitrogens with one attached hydrogen (secondary N) is 10. The molecule has 0 aromatic carbocycles. The number of carbonyl (C=O) groups excluding carboxylic acids is 14. The topological polar surface area (TPSA) is 519 Å². The van der Waals surface area contributed by atoms with Crippen LogP contribution in [0.4, 0.5) is 0 Å². The van der Waals surface area contributed by atoms with E-state index in [9.17, 15) is 92.7 Å². The summed E-state index contributed by atoms with van der Waals surface area (Å²) in [5.41, 5.74) is 11.0. The van der Waals surface area contributed by atoms with E-state index in [1.807, 2.05) is 6.92 Å². The smallest absolute Gasteiger partial charge is 0.248 e. The Morgan fingerprint density at radius 2 is 1.01 bits per heavy atom. The molecule has 19 N–H and O–H groups in total. The zero-order chi connectivity index (χ0) is 74.9. The van der Waals surface area contributed by atoms with E-state index in [0.29, 0.717) is 12.8 Å². The molecule has 14 amide bonds. The highest BCUT2D eigenvalue weighted by Crippen LogP contribution is 2.23. The fraction of sp³-hybridized carbons (Fsp3) is 0.785. The van der Waals surface area contributed by atoms with Crippen LogP contribution in [0.15, 0.2) is 0 Å². The molecule has 98 heavy (non-hydrogen) atoms. The lowest BCUT2D eigenvalue weighted by Crippen LogP contribution is -2.65. The first-order chi connectivity index (χ1) is 45.6.